The van der Waals surface area contributed by atoms with Crippen LogP contribution in [-0.4, -0.2) is 38.4 Å². The maximum absolute atomic E-state index is 12.7. The summed E-state index contributed by atoms with van der Waals surface area (Å²) in [5.74, 6) is -0.394. The number of rotatable bonds is 4. The van der Waals surface area contributed by atoms with Gasteiger partial charge in [-0.2, -0.15) is 4.31 Å². The molecule has 7 heteroatoms. The van der Waals surface area contributed by atoms with Gasteiger partial charge in [0.25, 0.3) is 0 Å². The molecule has 1 aliphatic rings. The third-order valence-corrected chi connectivity index (χ3v) is 5.62. The molecule has 0 saturated carbocycles. The van der Waals surface area contributed by atoms with Crippen molar-refractivity contribution in [1.82, 2.24) is 4.31 Å². The van der Waals surface area contributed by atoms with Crippen molar-refractivity contribution in [1.29, 1.82) is 0 Å². The number of carbonyl (C=O) groups excluding carboxylic acids is 1. The second kappa shape index (κ2) is 6.44. The monoisotopic (exact) mass is 312 g/mol. The first kappa shape index (κ1) is 15.8. The van der Waals surface area contributed by atoms with Crippen LogP contribution in [0.25, 0.3) is 0 Å². The van der Waals surface area contributed by atoms with E-state index >= 15 is 0 Å². The number of nitrogens with zero attached hydrogens (tertiary/aromatic N) is 1. The topological polar surface area (TPSA) is 89.7 Å². The molecule has 1 fully saturated rings. The highest BCUT2D eigenvalue weighted by Gasteiger charge is 2.34. The summed E-state index contributed by atoms with van der Waals surface area (Å²) in [6.07, 6.45) is 2.44. The van der Waals surface area contributed by atoms with E-state index in [0.29, 0.717) is 18.7 Å². The highest BCUT2D eigenvalue weighted by atomic mass is 32.2. The van der Waals surface area contributed by atoms with Crippen molar-refractivity contribution >= 4 is 21.7 Å². The SMILES string of the molecule is COC(=O)CC1CCCCN1S(=O)(=O)c1cccc(N)c1. The molecule has 1 aromatic carbocycles. The van der Waals surface area contributed by atoms with Gasteiger partial charge in [-0.05, 0) is 31.0 Å². The molecule has 1 heterocycles. The Kier molecular flexibility index (Phi) is 4.84. The smallest absolute Gasteiger partial charge is 0.307 e. The molecule has 2 N–H and O–H groups in total. The first-order chi connectivity index (χ1) is 9.95. The summed E-state index contributed by atoms with van der Waals surface area (Å²) in [5.41, 5.74) is 6.07. The Morgan fingerprint density at radius 2 is 2.19 bits per heavy atom. The number of nitrogen functional groups attached to an aromatic ring is 1. The van der Waals surface area contributed by atoms with Crippen molar-refractivity contribution in [3.8, 4) is 0 Å². The Hall–Kier alpha value is -1.60. The van der Waals surface area contributed by atoms with Gasteiger partial charge in [0.15, 0.2) is 0 Å². The van der Waals surface area contributed by atoms with Crippen LogP contribution in [0.15, 0.2) is 29.2 Å². The minimum Gasteiger partial charge on any atom is -0.469 e. The number of benzene rings is 1. The van der Waals surface area contributed by atoms with Crippen LogP contribution in [0.2, 0.25) is 0 Å². The van der Waals surface area contributed by atoms with E-state index in [-0.39, 0.29) is 17.4 Å². The van der Waals surface area contributed by atoms with Gasteiger partial charge in [0.2, 0.25) is 10.0 Å². The van der Waals surface area contributed by atoms with Crippen LogP contribution in [0.3, 0.4) is 0 Å². The molecule has 2 rings (SSSR count). The molecular formula is C14H20N2O4S. The maximum Gasteiger partial charge on any atom is 0.307 e. The zero-order chi connectivity index (χ0) is 15.5. The third kappa shape index (κ3) is 3.54. The lowest BCUT2D eigenvalue weighted by molar-refractivity contribution is -0.141. The van der Waals surface area contributed by atoms with E-state index < -0.39 is 16.0 Å². The first-order valence-electron chi connectivity index (χ1n) is 6.89. The van der Waals surface area contributed by atoms with E-state index in [1.807, 2.05) is 0 Å². The quantitative estimate of drug-likeness (QED) is 0.670. The third-order valence-electron chi connectivity index (χ3n) is 3.67. The van der Waals surface area contributed by atoms with Crippen LogP contribution in [0.4, 0.5) is 5.69 Å². The average molecular weight is 312 g/mol. The Balaban J connectivity index is 2.29. The zero-order valence-electron chi connectivity index (χ0n) is 12.0. The van der Waals surface area contributed by atoms with Gasteiger partial charge in [-0.1, -0.05) is 12.5 Å². The van der Waals surface area contributed by atoms with Gasteiger partial charge in [-0.25, -0.2) is 8.42 Å². The fraction of sp³-hybridized carbons (Fsp3) is 0.500. The van der Waals surface area contributed by atoms with Crippen molar-refractivity contribution < 1.29 is 17.9 Å². The molecule has 1 unspecified atom stereocenters. The van der Waals surface area contributed by atoms with Gasteiger partial charge < -0.3 is 10.5 Å². The van der Waals surface area contributed by atoms with Gasteiger partial charge >= 0.3 is 5.97 Å². The zero-order valence-corrected chi connectivity index (χ0v) is 12.8. The van der Waals surface area contributed by atoms with Crippen LogP contribution >= 0.6 is 0 Å². The van der Waals surface area contributed by atoms with Gasteiger partial charge in [0, 0.05) is 18.3 Å². The van der Waals surface area contributed by atoms with Crippen molar-refractivity contribution in [3.63, 3.8) is 0 Å². The lowest BCUT2D eigenvalue weighted by Gasteiger charge is -2.34. The van der Waals surface area contributed by atoms with Gasteiger partial charge in [0.1, 0.15) is 0 Å². The lowest BCUT2D eigenvalue weighted by atomic mass is 10.0. The van der Waals surface area contributed by atoms with E-state index in [1.165, 1.54) is 23.5 Å². The van der Waals surface area contributed by atoms with E-state index in [9.17, 15) is 13.2 Å². The summed E-state index contributed by atoms with van der Waals surface area (Å²) in [5, 5.41) is 0. The molecule has 0 aromatic heterocycles. The fourth-order valence-corrected chi connectivity index (χ4v) is 4.33. The number of sulfonamides is 1. The number of carbonyl (C=O) groups is 1. The Labute approximate surface area is 124 Å². The Bertz CT molecular complexity index is 615. The minimum atomic E-state index is -3.64. The lowest BCUT2D eigenvalue weighted by Crippen LogP contribution is -2.44. The Morgan fingerprint density at radius 1 is 1.43 bits per heavy atom. The van der Waals surface area contributed by atoms with Crippen molar-refractivity contribution in [2.75, 3.05) is 19.4 Å². The summed E-state index contributed by atoms with van der Waals surface area (Å²) < 4.78 is 31.5. The maximum atomic E-state index is 12.7. The number of hydrogen-bond donors (Lipinski definition) is 1. The fourth-order valence-electron chi connectivity index (χ4n) is 2.58. The van der Waals surface area contributed by atoms with Gasteiger partial charge in [0.05, 0.1) is 18.4 Å². The molecule has 0 radical (unpaired) electrons. The van der Waals surface area contributed by atoms with Crippen LogP contribution in [0.1, 0.15) is 25.7 Å². The molecule has 6 nitrogen and oxygen atoms in total. The molecule has 21 heavy (non-hydrogen) atoms. The summed E-state index contributed by atoms with van der Waals surface area (Å²) >= 11 is 0. The number of nitrogens with two attached hydrogens (primary N) is 1. The number of piperidine rings is 1. The Morgan fingerprint density at radius 3 is 2.86 bits per heavy atom. The second-order valence-electron chi connectivity index (χ2n) is 5.12. The summed E-state index contributed by atoms with van der Waals surface area (Å²) in [7, 11) is -2.33. The second-order valence-corrected chi connectivity index (χ2v) is 7.01. The molecular weight excluding hydrogens is 292 g/mol. The van der Waals surface area contributed by atoms with Crippen molar-refractivity contribution in [2.45, 2.75) is 36.6 Å². The molecule has 116 valence electrons. The number of hydrogen-bond acceptors (Lipinski definition) is 5. The van der Waals surface area contributed by atoms with Crippen LogP contribution in [0, 0.1) is 0 Å². The van der Waals surface area contributed by atoms with Gasteiger partial charge in [-0.3, -0.25) is 4.79 Å². The number of methoxy groups -OCH3 is 1. The molecule has 0 aliphatic carbocycles. The predicted molar refractivity (Wildman–Crippen MR) is 79.0 cm³/mol. The van der Waals surface area contributed by atoms with Crippen molar-refractivity contribution in [3.05, 3.63) is 24.3 Å². The van der Waals surface area contributed by atoms with Crippen LogP contribution in [-0.2, 0) is 19.6 Å². The standard InChI is InChI=1S/C14H20N2O4S/c1-20-14(17)10-12-6-2-3-8-16(12)21(18,19)13-7-4-5-11(15)9-13/h4-5,7,9,12H,2-3,6,8,10,15H2,1H3. The van der Waals surface area contributed by atoms with Crippen LogP contribution < -0.4 is 5.73 Å². The molecule has 0 bridgehead atoms. The van der Waals surface area contributed by atoms with E-state index in [4.69, 9.17) is 5.73 Å². The first-order valence-corrected chi connectivity index (χ1v) is 8.33. The number of anilines is 1. The molecule has 1 atom stereocenters. The largest absolute Gasteiger partial charge is 0.469 e. The highest BCUT2D eigenvalue weighted by Crippen LogP contribution is 2.28. The molecule has 0 amide bonds. The predicted octanol–water partition coefficient (Wildman–Crippen LogP) is 1.38. The molecule has 1 aliphatic heterocycles. The highest BCUT2D eigenvalue weighted by molar-refractivity contribution is 7.89. The summed E-state index contributed by atoms with van der Waals surface area (Å²) in [4.78, 5) is 11.6. The summed E-state index contributed by atoms with van der Waals surface area (Å²) in [6.45, 7) is 0.415. The number of ether oxygens (including phenoxy) is 1. The molecule has 1 aromatic rings. The van der Waals surface area contributed by atoms with Crippen LogP contribution in [0.5, 0.6) is 0 Å². The normalized spacial score (nSPS) is 20.1. The average Bonchev–Trinajstić information content (AvgIpc) is 2.47. The molecule has 0 spiro atoms. The number of esters is 1. The van der Waals surface area contributed by atoms with E-state index in [0.717, 1.165) is 12.8 Å². The van der Waals surface area contributed by atoms with E-state index in [2.05, 4.69) is 4.74 Å². The van der Waals surface area contributed by atoms with E-state index in [1.54, 1.807) is 12.1 Å². The van der Waals surface area contributed by atoms with Crippen molar-refractivity contribution in [2.24, 2.45) is 0 Å². The minimum absolute atomic E-state index is 0.0814. The summed E-state index contributed by atoms with van der Waals surface area (Å²) in [6, 6.07) is 5.87. The van der Waals surface area contributed by atoms with Gasteiger partial charge in [-0.15, -0.1) is 0 Å². The molecule has 1 saturated heterocycles.